The molecule has 22 heavy (non-hydrogen) atoms. The standard InChI is InChI=1S/C15H16N4OS2/c1-10-14(22-11(2)17-10)15(20)16-5-7-19-6-3-13(18-19)12-4-8-21-9-12/h3-4,6,8-9H,5,7H2,1-2H3,(H,16,20). The molecule has 0 radical (unpaired) electrons. The van der Waals surface area contributed by atoms with E-state index in [1.807, 2.05) is 42.2 Å². The molecule has 3 heterocycles. The monoisotopic (exact) mass is 332 g/mol. The van der Waals surface area contributed by atoms with Crippen molar-refractivity contribution in [1.82, 2.24) is 20.1 Å². The maximum absolute atomic E-state index is 12.1. The highest BCUT2D eigenvalue weighted by Gasteiger charge is 2.13. The van der Waals surface area contributed by atoms with E-state index < -0.39 is 0 Å². The maximum atomic E-state index is 12.1. The summed E-state index contributed by atoms with van der Waals surface area (Å²) in [7, 11) is 0. The van der Waals surface area contributed by atoms with Crippen LogP contribution >= 0.6 is 22.7 Å². The zero-order valence-electron chi connectivity index (χ0n) is 12.4. The number of nitrogens with zero attached hydrogens (tertiary/aromatic N) is 3. The van der Waals surface area contributed by atoms with Gasteiger partial charge in [-0.3, -0.25) is 9.48 Å². The average molecular weight is 332 g/mol. The lowest BCUT2D eigenvalue weighted by Crippen LogP contribution is -2.27. The van der Waals surface area contributed by atoms with Gasteiger partial charge < -0.3 is 5.32 Å². The number of nitrogens with one attached hydrogen (secondary N) is 1. The van der Waals surface area contributed by atoms with Crippen molar-refractivity contribution >= 4 is 28.6 Å². The Morgan fingerprint density at radius 3 is 2.91 bits per heavy atom. The largest absolute Gasteiger partial charge is 0.349 e. The Balaban J connectivity index is 1.55. The highest BCUT2D eigenvalue weighted by atomic mass is 32.1. The van der Waals surface area contributed by atoms with E-state index in [2.05, 4.69) is 20.8 Å². The van der Waals surface area contributed by atoms with Gasteiger partial charge in [-0.2, -0.15) is 16.4 Å². The Morgan fingerprint density at radius 1 is 1.36 bits per heavy atom. The second kappa shape index (κ2) is 6.41. The molecule has 5 nitrogen and oxygen atoms in total. The minimum Gasteiger partial charge on any atom is -0.349 e. The molecular formula is C15H16N4OS2. The number of rotatable bonds is 5. The molecule has 0 fully saturated rings. The molecule has 3 aromatic heterocycles. The van der Waals surface area contributed by atoms with E-state index in [1.165, 1.54) is 11.3 Å². The first kappa shape index (κ1) is 14.9. The highest BCUT2D eigenvalue weighted by molar-refractivity contribution is 7.13. The number of carbonyl (C=O) groups excluding carboxylic acids is 1. The Hall–Kier alpha value is -1.99. The minimum absolute atomic E-state index is 0.0617. The second-order valence-corrected chi connectivity index (χ2v) is 6.86. The van der Waals surface area contributed by atoms with Gasteiger partial charge in [0, 0.05) is 23.7 Å². The second-order valence-electron chi connectivity index (χ2n) is 4.88. The van der Waals surface area contributed by atoms with Gasteiger partial charge >= 0.3 is 0 Å². The Kier molecular flexibility index (Phi) is 4.35. The summed E-state index contributed by atoms with van der Waals surface area (Å²) in [6, 6.07) is 4.04. The Labute approximate surface area is 136 Å². The van der Waals surface area contributed by atoms with Crippen molar-refractivity contribution in [3.63, 3.8) is 0 Å². The lowest BCUT2D eigenvalue weighted by Gasteiger charge is -2.04. The van der Waals surface area contributed by atoms with Gasteiger partial charge in [-0.1, -0.05) is 0 Å². The molecule has 0 aliphatic heterocycles. The van der Waals surface area contributed by atoms with Crippen LogP contribution in [-0.4, -0.2) is 27.2 Å². The van der Waals surface area contributed by atoms with Crippen molar-refractivity contribution in [1.29, 1.82) is 0 Å². The van der Waals surface area contributed by atoms with Gasteiger partial charge in [0.15, 0.2) is 0 Å². The molecule has 3 aromatic rings. The SMILES string of the molecule is Cc1nc(C)c(C(=O)NCCn2ccc(-c3ccsc3)n2)s1. The van der Waals surface area contributed by atoms with E-state index in [0.29, 0.717) is 18.0 Å². The molecule has 0 atom stereocenters. The van der Waals surface area contributed by atoms with Crippen molar-refractivity contribution in [3.05, 3.63) is 44.7 Å². The van der Waals surface area contributed by atoms with Crippen molar-refractivity contribution in [3.8, 4) is 11.3 Å². The van der Waals surface area contributed by atoms with Crippen LogP contribution in [0.2, 0.25) is 0 Å². The molecule has 0 saturated heterocycles. The smallest absolute Gasteiger partial charge is 0.263 e. The van der Waals surface area contributed by atoms with Gasteiger partial charge in [-0.05, 0) is 31.4 Å². The molecule has 3 rings (SSSR count). The van der Waals surface area contributed by atoms with Crippen LogP contribution in [0.15, 0.2) is 29.1 Å². The van der Waals surface area contributed by atoms with E-state index in [4.69, 9.17) is 0 Å². The Bertz CT molecular complexity index is 773. The molecule has 0 aliphatic rings. The van der Waals surface area contributed by atoms with E-state index in [1.54, 1.807) is 11.3 Å². The van der Waals surface area contributed by atoms with Gasteiger partial charge in [0.05, 0.1) is 22.9 Å². The van der Waals surface area contributed by atoms with Crippen LogP contribution in [0.1, 0.15) is 20.4 Å². The van der Waals surface area contributed by atoms with Crippen LogP contribution in [0.3, 0.4) is 0 Å². The number of carbonyl (C=O) groups is 1. The van der Waals surface area contributed by atoms with Crippen LogP contribution < -0.4 is 5.32 Å². The molecule has 7 heteroatoms. The van der Waals surface area contributed by atoms with Gasteiger partial charge in [0.1, 0.15) is 4.88 Å². The third kappa shape index (κ3) is 3.26. The highest BCUT2D eigenvalue weighted by Crippen LogP contribution is 2.19. The third-order valence-electron chi connectivity index (χ3n) is 3.19. The number of amides is 1. The Morgan fingerprint density at radius 2 is 2.23 bits per heavy atom. The maximum Gasteiger partial charge on any atom is 0.263 e. The number of aromatic nitrogens is 3. The number of hydrogen-bond acceptors (Lipinski definition) is 5. The summed E-state index contributed by atoms with van der Waals surface area (Å²) >= 11 is 3.08. The van der Waals surface area contributed by atoms with E-state index in [0.717, 1.165) is 22.0 Å². The number of thiazole rings is 1. The predicted molar refractivity (Wildman–Crippen MR) is 89.5 cm³/mol. The van der Waals surface area contributed by atoms with Crippen LogP contribution in [0.5, 0.6) is 0 Å². The summed E-state index contributed by atoms with van der Waals surface area (Å²) < 4.78 is 1.85. The molecule has 1 amide bonds. The minimum atomic E-state index is -0.0617. The normalized spacial score (nSPS) is 10.8. The van der Waals surface area contributed by atoms with Gasteiger partial charge in [0.2, 0.25) is 0 Å². The van der Waals surface area contributed by atoms with Gasteiger partial charge in [-0.15, -0.1) is 11.3 Å². The molecule has 1 N–H and O–H groups in total. The quantitative estimate of drug-likeness (QED) is 0.781. The topological polar surface area (TPSA) is 59.8 Å². The van der Waals surface area contributed by atoms with Crippen molar-refractivity contribution in [2.75, 3.05) is 6.54 Å². The summed E-state index contributed by atoms with van der Waals surface area (Å²) in [6.45, 7) is 4.95. The van der Waals surface area contributed by atoms with E-state index in [-0.39, 0.29) is 5.91 Å². The first-order chi connectivity index (χ1) is 10.6. The number of hydrogen-bond donors (Lipinski definition) is 1. The van der Waals surface area contributed by atoms with Crippen LogP contribution in [-0.2, 0) is 6.54 Å². The fourth-order valence-electron chi connectivity index (χ4n) is 2.16. The van der Waals surface area contributed by atoms with Crippen molar-refractivity contribution in [2.24, 2.45) is 0 Å². The van der Waals surface area contributed by atoms with Crippen LogP contribution in [0.25, 0.3) is 11.3 Å². The fourth-order valence-corrected chi connectivity index (χ4v) is 3.64. The van der Waals surface area contributed by atoms with Crippen molar-refractivity contribution < 1.29 is 4.79 Å². The molecule has 0 bridgehead atoms. The zero-order valence-corrected chi connectivity index (χ0v) is 14.0. The zero-order chi connectivity index (χ0) is 15.5. The van der Waals surface area contributed by atoms with E-state index >= 15 is 0 Å². The third-order valence-corrected chi connectivity index (χ3v) is 4.95. The van der Waals surface area contributed by atoms with Crippen LogP contribution in [0, 0.1) is 13.8 Å². The molecule has 0 saturated carbocycles. The summed E-state index contributed by atoms with van der Waals surface area (Å²) in [5, 5.41) is 12.4. The molecule has 0 spiro atoms. The predicted octanol–water partition coefficient (Wildman–Crippen LogP) is 3.11. The number of aryl methyl sites for hydroxylation is 2. The lowest BCUT2D eigenvalue weighted by atomic mass is 10.2. The molecule has 0 aliphatic carbocycles. The molecular weight excluding hydrogens is 316 g/mol. The average Bonchev–Trinajstić information content (AvgIpc) is 3.19. The molecule has 0 aromatic carbocycles. The van der Waals surface area contributed by atoms with Gasteiger partial charge in [0.25, 0.3) is 5.91 Å². The molecule has 114 valence electrons. The number of thiophene rings is 1. The summed E-state index contributed by atoms with van der Waals surface area (Å²) in [6.07, 6.45) is 1.93. The lowest BCUT2D eigenvalue weighted by molar-refractivity contribution is 0.0955. The van der Waals surface area contributed by atoms with Crippen molar-refractivity contribution in [2.45, 2.75) is 20.4 Å². The first-order valence-electron chi connectivity index (χ1n) is 6.92. The molecule has 0 unspecified atom stereocenters. The van der Waals surface area contributed by atoms with Crippen LogP contribution in [0.4, 0.5) is 0 Å². The summed E-state index contributed by atoms with van der Waals surface area (Å²) in [5.41, 5.74) is 2.88. The fraction of sp³-hybridized carbons (Fsp3) is 0.267. The van der Waals surface area contributed by atoms with E-state index in [9.17, 15) is 4.79 Å². The summed E-state index contributed by atoms with van der Waals surface area (Å²) in [5.74, 6) is -0.0617. The van der Waals surface area contributed by atoms with Gasteiger partial charge in [-0.25, -0.2) is 4.98 Å². The first-order valence-corrected chi connectivity index (χ1v) is 8.67. The summed E-state index contributed by atoms with van der Waals surface area (Å²) in [4.78, 5) is 17.1.